The summed E-state index contributed by atoms with van der Waals surface area (Å²) in [5.74, 6) is -0.457. The van der Waals surface area contributed by atoms with E-state index in [1.807, 2.05) is 0 Å². The first kappa shape index (κ1) is 14.1. The molecule has 4 nitrogen and oxygen atoms in total. The Morgan fingerprint density at radius 2 is 2.06 bits per heavy atom. The molecule has 0 saturated carbocycles. The van der Waals surface area contributed by atoms with E-state index in [1.165, 1.54) is 12.1 Å². The molecule has 0 amide bonds. The van der Waals surface area contributed by atoms with Crippen molar-refractivity contribution in [3.63, 3.8) is 0 Å². The Morgan fingerprint density at radius 3 is 2.65 bits per heavy atom. The Hall–Kier alpha value is -0.980. The van der Waals surface area contributed by atoms with Gasteiger partial charge in [0.2, 0.25) is 10.0 Å². The van der Waals surface area contributed by atoms with Crippen molar-refractivity contribution < 1.29 is 17.9 Å². The largest absolute Gasteiger partial charge is 0.396 e. The van der Waals surface area contributed by atoms with Gasteiger partial charge in [-0.05, 0) is 43.5 Å². The average molecular weight is 261 g/mol. The molecule has 96 valence electrons. The second-order valence-electron chi connectivity index (χ2n) is 3.74. The van der Waals surface area contributed by atoms with Crippen LogP contribution in [0.15, 0.2) is 23.1 Å². The molecule has 2 N–H and O–H groups in total. The molecule has 1 aromatic carbocycles. The van der Waals surface area contributed by atoms with Crippen LogP contribution in [-0.2, 0) is 10.0 Å². The quantitative estimate of drug-likeness (QED) is 0.756. The molecule has 0 bridgehead atoms. The van der Waals surface area contributed by atoms with Gasteiger partial charge >= 0.3 is 0 Å². The molecule has 0 aliphatic heterocycles. The molecule has 0 unspecified atom stereocenters. The predicted molar refractivity (Wildman–Crippen MR) is 62.6 cm³/mol. The Morgan fingerprint density at radius 1 is 1.35 bits per heavy atom. The number of halogens is 1. The van der Waals surface area contributed by atoms with E-state index >= 15 is 0 Å². The highest BCUT2D eigenvalue weighted by atomic mass is 32.2. The Bertz CT molecular complexity index is 474. The second-order valence-corrected chi connectivity index (χ2v) is 5.47. The minimum atomic E-state index is -3.59. The first-order valence-corrected chi connectivity index (χ1v) is 6.82. The number of nitrogens with one attached hydrogen (secondary N) is 1. The maximum Gasteiger partial charge on any atom is 0.240 e. The van der Waals surface area contributed by atoms with Gasteiger partial charge in [0, 0.05) is 13.2 Å². The zero-order valence-corrected chi connectivity index (χ0v) is 10.4. The Balaban J connectivity index is 2.76. The fourth-order valence-corrected chi connectivity index (χ4v) is 2.73. The number of rotatable bonds is 6. The third kappa shape index (κ3) is 4.07. The van der Waals surface area contributed by atoms with Gasteiger partial charge < -0.3 is 5.11 Å². The van der Waals surface area contributed by atoms with Crippen LogP contribution in [-0.4, -0.2) is 26.7 Å². The van der Waals surface area contributed by atoms with Crippen molar-refractivity contribution in [2.24, 2.45) is 0 Å². The van der Waals surface area contributed by atoms with Crippen molar-refractivity contribution in [1.29, 1.82) is 0 Å². The first-order chi connectivity index (χ1) is 7.97. The topological polar surface area (TPSA) is 66.4 Å². The van der Waals surface area contributed by atoms with Crippen LogP contribution in [0.4, 0.5) is 4.39 Å². The van der Waals surface area contributed by atoms with Crippen LogP contribution >= 0.6 is 0 Å². The van der Waals surface area contributed by atoms with Gasteiger partial charge in [-0.3, -0.25) is 0 Å². The van der Waals surface area contributed by atoms with Crippen LogP contribution in [0.25, 0.3) is 0 Å². The molecule has 1 rings (SSSR count). The lowest BCUT2D eigenvalue weighted by Gasteiger charge is -2.08. The standard InChI is InChI=1S/C11H16FNO3S/c1-9-8-10(12)4-5-11(9)17(15,16)13-6-2-3-7-14/h4-5,8,13-14H,2-3,6-7H2,1H3. The first-order valence-electron chi connectivity index (χ1n) is 5.34. The van der Waals surface area contributed by atoms with Crippen molar-refractivity contribution in [3.8, 4) is 0 Å². The zero-order valence-electron chi connectivity index (χ0n) is 9.61. The molecule has 0 saturated heterocycles. The smallest absolute Gasteiger partial charge is 0.240 e. The second kappa shape index (κ2) is 6.09. The molecule has 6 heteroatoms. The highest BCUT2D eigenvalue weighted by Gasteiger charge is 2.16. The maximum atomic E-state index is 12.8. The van der Waals surface area contributed by atoms with Crippen LogP contribution < -0.4 is 4.72 Å². The van der Waals surface area contributed by atoms with Gasteiger partial charge in [0.1, 0.15) is 5.82 Å². The highest BCUT2D eigenvalue weighted by molar-refractivity contribution is 7.89. The summed E-state index contributed by atoms with van der Waals surface area (Å²) in [7, 11) is -3.59. The van der Waals surface area contributed by atoms with Crippen LogP contribution in [0.2, 0.25) is 0 Å². The maximum absolute atomic E-state index is 12.8. The van der Waals surface area contributed by atoms with Crippen molar-refractivity contribution in [3.05, 3.63) is 29.6 Å². The summed E-state index contributed by atoms with van der Waals surface area (Å²) in [6.07, 6.45) is 1.11. The van der Waals surface area contributed by atoms with Gasteiger partial charge in [-0.15, -0.1) is 0 Å². The lowest BCUT2D eigenvalue weighted by atomic mass is 10.2. The number of aryl methyl sites for hydroxylation is 1. The summed E-state index contributed by atoms with van der Waals surface area (Å²) in [5.41, 5.74) is 0.375. The van der Waals surface area contributed by atoms with Crippen molar-refractivity contribution >= 4 is 10.0 Å². The number of unbranched alkanes of at least 4 members (excludes halogenated alkanes) is 1. The lowest BCUT2D eigenvalue weighted by molar-refractivity contribution is 0.285. The molecule has 0 radical (unpaired) electrons. The monoisotopic (exact) mass is 261 g/mol. The fourth-order valence-electron chi connectivity index (χ4n) is 1.44. The normalized spacial score (nSPS) is 11.7. The van der Waals surface area contributed by atoms with Crippen molar-refractivity contribution in [1.82, 2.24) is 4.72 Å². The SMILES string of the molecule is Cc1cc(F)ccc1S(=O)(=O)NCCCCO. The van der Waals surface area contributed by atoms with Crippen LogP contribution in [0.1, 0.15) is 18.4 Å². The summed E-state index contributed by atoms with van der Waals surface area (Å²) in [6.45, 7) is 1.85. The molecule has 0 atom stereocenters. The number of benzene rings is 1. The van der Waals surface area contributed by atoms with E-state index in [4.69, 9.17) is 5.11 Å². The number of hydrogen-bond donors (Lipinski definition) is 2. The summed E-state index contributed by atoms with van der Waals surface area (Å²) in [4.78, 5) is 0.0860. The summed E-state index contributed by atoms with van der Waals surface area (Å²) in [6, 6.07) is 3.55. The van der Waals surface area contributed by atoms with E-state index < -0.39 is 15.8 Å². The molecule has 1 aromatic rings. The van der Waals surface area contributed by atoms with Gasteiger partial charge in [0.15, 0.2) is 0 Å². The molecule has 0 fully saturated rings. The molecule has 17 heavy (non-hydrogen) atoms. The van der Waals surface area contributed by atoms with Crippen LogP contribution in [0.3, 0.4) is 0 Å². The van der Waals surface area contributed by atoms with Crippen LogP contribution in [0.5, 0.6) is 0 Å². The van der Waals surface area contributed by atoms with E-state index in [2.05, 4.69) is 4.72 Å². The minimum absolute atomic E-state index is 0.0390. The van der Waals surface area contributed by atoms with Crippen LogP contribution in [0, 0.1) is 12.7 Å². The molecule has 0 aliphatic rings. The van der Waals surface area contributed by atoms with Gasteiger partial charge in [-0.1, -0.05) is 0 Å². The van der Waals surface area contributed by atoms with Gasteiger partial charge in [-0.2, -0.15) is 0 Å². The number of aliphatic hydroxyl groups excluding tert-OH is 1. The Kier molecular flexibility index (Phi) is 5.04. The van der Waals surface area contributed by atoms with Crippen molar-refractivity contribution in [2.45, 2.75) is 24.7 Å². The molecular weight excluding hydrogens is 245 g/mol. The lowest BCUT2D eigenvalue weighted by Crippen LogP contribution is -2.25. The molecule has 0 heterocycles. The summed E-state index contributed by atoms with van der Waals surface area (Å²) in [5, 5.41) is 8.57. The number of aliphatic hydroxyl groups is 1. The molecule has 0 aliphatic carbocycles. The average Bonchev–Trinajstić information content (AvgIpc) is 2.24. The van der Waals surface area contributed by atoms with E-state index in [0.717, 1.165) is 6.07 Å². The predicted octanol–water partition coefficient (Wildman–Crippen LogP) is 1.18. The summed E-state index contributed by atoms with van der Waals surface area (Å²) >= 11 is 0. The molecule has 0 spiro atoms. The van der Waals surface area contributed by atoms with Gasteiger partial charge in [0.25, 0.3) is 0 Å². The van der Waals surface area contributed by atoms with E-state index in [0.29, 0.717) is 18.4 Å². The number of sulfonamides is 1. The highest BCUT2D eigenvalue weighted by Crippen LogP contribution is 2.15. The summed E-state index contributed by atoms with van der Waals surface area (Å²) < 4.78 is 38.9. The third-order valence-electron chi connectivity index (χ3n) is 2.30. The Labute approximate surface area is 101 Å². The molecule has 0 aromatic heterocycles. The van der Waals surface area contributed by atoms with E-state index in [-0.39, 0.29) is 18.0 Å². The van der Waals surface area contributed by atoms with Gasteiger partial charge in [0.05, 0.1) is 4.90 Å². The van der Waals surface area contributed by atoms with Crippen molar-refractivity contribution in [2.75, 3.05) is 13.2 Å². The minimum Gasteiger partial charge on any atom is -0.396 e. The zero-order chi connectivity index (χ0) is 12.9. The van der Waals surface area contributed by atoms with E-state index in [1.54, 1.807) is 6.92 Å². The number of hydrogen-bond acceptors (Lipinski definition) is 3. The van der Waals surface area contributed by atoms with E-state index in [9.17, 15) is 12.8 Å². The molecular formula is C11H16FNO3S. The third-order valence-corrected chi connectivity index (χ3v) is 3.92. The fraction of sp³-hybridized carbons (Fsp3) is 0.455. The van der Waals surface area contributed by atoms with Gasteiger partial charge in [-0.25, -0.2) is 17.5 Å².